The molecule has 1 amide bonds. The van der Waals surface area contributed by atoms with Gasteiger partial charge in [0.25, 0.3) is 5.91 Å². The fourth-order valence-electron chi connectivity index (χ4n) is 4.93. The van der Waals surface area contributed by atoms with Crippen LogP contribution in [0, 0.1) is 5.92 Å². The summed E-state index contributed by atoms with van der Waals surface area (Å²) >= 11 is 0. The topological polar surface area (TPSA) is 59.4 Å². The van der Waals surface area contributed by atoms with Crippen molar-refractivity contribution in [2.24, 2.45) is 13.0 Å². The molecule has 2 fully saturated rings. The van der Waals surface area contributed by atoms with Gasteiger partial charge < -0.3 is 10.1 Å². The fourth-order valence-corrected chi connectivity index (χ4v) is 4.93. The van der Waals surface area contributed by atoms with Crippen molar-refractivity contribution >= 4 is 5.91 Å². The third-order valence-corrected chi connectivity index (χ3v) is 6.72. The average molecular weight is 425 g/mol. The lowest BCUT2D eigenvalue weighted by Crippen LogP contribution is -2.44. The third kappa shape index (κ3) is 5.55. The second kappa shape index (κ2) is 9.53. The van der Waals surface area contributed by atoms with Crippen molar-refractivity contribution in [2.45, 2.75) is 64.2 Å². The van der Waals surface area contributed by atoms with Gasteiger partial charge in [-0.3, -0.25) is 14.4 Å². The number of hydrogen-bond acceptors (Lipinski definition) is 4. The average Bonchev–Trinajstić information content (AvgIpc) is 3.36. The van der Waals surface area contributed by atoms with Crippen LogP contribution in [-0.2, 0) is 24.8 Å². The van der Waals surface area contributed by atoms with Crippen molar-refractivity contribution in [1.82, 2.24) is 20.0 Å². The molecule has 3 heterocycles. The van der Waals surface area contributed by atoms with Crippen molar-refractivity contribution < 1.29 is 9.53 Å². The highest BCUT2D eigenvalue weighted by molar-refractivity contribution is 5.92. The minimum absolute atomic E-state index is 0.000451. The van der Waals surface area contributed by atoms with Crippen LogP contribution in [0.15, 0.2) is 36.5 Å². The summed E-state index contributed by atoms with van der Waals surface area (Å²) in [5.41, 5.74) is 3.40. The molecular formula is C25H36N4O2. The summed E-state index contributed by atoms with van der Waals surface area (Å²) < 4.78 is 8.07. The summed E-state index contributed by atoms with van der Waals surface area (Å²) in [6.45, 7) is 8.26. The number of nitrogens with one attached hydrogen (secondary N) is 1. The van der Waals surface area contributed by atoms with Crippen molar-refractivity contribution in [3.8, 4) is 0 Å². The molecule has 2 aromatic rings. The van der Waals surface area contributed by atoms with E-state index >= 15 is 0 Å². The second-order valence-electron chi connectivity index (χ2n) is 9.70. The summed E-state index contributed by atoms with van der Waals surface area (Å²) in [5.74, 6) is 0.613. The highest BCUT2D eigenvalue weighted by atomic mass is 16.5. The summed E-state index contributed by atoms with van der Waals surface area (Å²) in [5, 5.41) is 7.07. The number of rotatable bonds is 7. The Hall–Kier alpha value is -2.18. The number of likely N-dealkylation sites (tertiary alicyclic amines) is 1. The number of amides is 1. The van der Waals surface area contributed by atoms with E-state index < -0.39 is 0 Å². The fraction of sp³-hybridized carbons (Fsp3) is 0.600. The summed E-state index contributed by atoms with van der Waals surface area (Å²) in [6, 6.07) is 10.9. The van der Waals surface area contributed by atoms with Gasteiger partial charge in [-0.1, -0.05) is 38.1 Å². The molecule has 31 heavy (non-hydrogen) atoms. The highest BCUT2D eigenvalue weighted by Crippen LogP contribution is 2.39. The molecule has 1 atom stereocenters. The van der Waals surface area contributed by atoms with Gasteiger partial charge >= 0.3 is 0 Å². The number of aromatic nitrogens is 2. The normalized spacial score (nSPS) is 21.1. The van der Waals surface area contributed by atoms with Crippen molar-refractivity contribution in [1.29, 1.82) is 0 Å². The van der Waals surface area contributed by atoms with E-state index in [1.165, 1.54) is 11.1 Å². The highest BCUT2D eigenvalue weighted by Gasteiger charge is 2.42. The molecule has 2 aliphatic rings. The molecule has 0 aliphatic carbocycles. The Kier molecular flexibility index (Phi) is 6.77. The Bertz CT molecular complexity index is 866. The van der Waals surface area contributed by atoms with E-state index in [0.29, 0.717) is 18.2 Å². The van der Waals surface area contributed by atoms with Crippen molar-refractivity contribution in [2.75, 3.05) is 19.6 Å². The lowest BCUT2D eigenvalue weighted by atomic mass is 9.88. The second-order valence-corrected chi connectivity index (χ2v) is 9.70. The molecule has 168 valence electrons. The molecule has 6 nitrogen and oxygen atoms in total. The monoisotopic (exact) mass is 424 g/mol. The molecule has 4 rings (SSSR count). The maximum Gasteiger partial charge on any atom is 0.269 e. The first-order valence-corrected chi connectivity index (χ1v) is 11.7. The van der Waals surface area contributed by atoms with E-state index in [2.05, 4.69) is 53.4 Å². The molecule has 1 spiro atoms. The molecule has 0 bridgehead atoms. The molecule has 1 aromatic heterocycles. The van der Waals surface area contributed by atoms with Gasteiger partial charge in [0.05, 0.1) is 11.7 Å². The van der Waals surface area contributed by atoms with Crippen LogP contribution in [0.2, 0.25) is 0 Å². The maximum absolute atomic E-state index is 12.3. The van der Waals surface area contributed by atoms with Gasteiger partial charge in [0, 0.05) is 39.4 Å². The van der Waals surface area contributed by atoms with Gasteiger partial charge in [0.1, 0.15) is 5.69 Å². The minimum atomic E-state index is -0.0845. The van der Waals surface area contributed by atoms with Crippen LogP contribution in [0.4, 0.5) is 0 Å². The predicted octanol–water partition coefficient (Wildman–Crippen LogP) is 3.56. The number of carbonyl (C=O) groups excluding carboxylic acids is 1. The Morgan fingerprint density at radius 3 is 2.52 bits per heavy atom. The van der Waals surface area contributed by atoms with Gasteiger partial charge in [0.2, 0.25) is 0 Å². The van der Waals surface area contributed by atoms with E-state index in [-0.39, 0.29) is 17.6 Å². The van der Waals surface area contributed by atoms with Gasteiger partial charge in [-0.25, -0.2) is 0 Å². The SMILES string of the molecule is CC(C)Cc1ccc(CN2CCC3(CC[C@H](CNC(=O)c4ccnn4C)O3)CC2)cc1. The quantitative estimate of drug-likeness (QED) is 0.738. The van der Waals surface area contributed by atoms with E-state index in [1.807, 2.05) is 0 Å². The van der Waals surface area contributed by atoms with Crippen LogP contribution < -0.4 is 5.32 Å². The van der Waals surface area contributed by atoms with Gasteiger partial charge in [-0.05, 0) is 55.2 Å². The lowest BCUT2D eigenvalue weighted by molar-refractivity contribution is -0.0764. The van der Waals surface area contributed by atoms with E-state index in [4.69, 9.17) is 4.74 Å². The van der Waals surface area contributed by atoms with Crippen LogP contribution in [0.25, 0.3) is 0 Å². The van der Waals surface area contributed by atoms with E-state index in [9.17, 15) is 4.79 Å². The lowest BCUT2D eigenvalue weighted by Gasteiger charge is -2.39. The third-order valence-electron chi connectivity index (χ3n) is 6.72. The van der Waals surface area contributed by atoms with Gasteiger partial charge in [0.15, 0.2) is 0 Å². The van der Waals surface area contributed by atoms with Crippen molar-refractivity contribution in [3.05, 3.63) is 53.3 Å². The first-order valence-electron chi connectivity index (χ1n) is 11.7. The van der Waals surface area contributed by atoms with E-state index in [0.717, 1.165) is 51.7 Å². The number of benzene rings is 1. The van der Waals surface area contributed by atoms with Gasteiger partial charge in [-0.15, -0.1) is 0 Å². The molecule has 2 saturated heterocycles. The molecule has 0 radical (unpaired) electrons. The van der Waals surface area contributed by atoms with Crippen molar-refractivity contribution in [3.63, 3.8) is 0 Å². The Balaban J connectivity index is 1.21. The molecule has 0 saturated carbocycles. The smallest absolute Gasteiger partial charge is 0.269 e. The molecule has 6 heteroatoms. The Morgan fingerprint density at radius 2 is 1.87 bits per heavy atom. The zero-order valence-electron chi connectivity index (χ0n) is 19.1. The zero-order valence-corrected chi connectivity index (χ0v) is 19.1. The molecule has 1 N–H and O–H groups in total. The van der Waals surface area contributed by atoms with Crippen LogP contribution in [0.3, 0.4) is 0 Å². The standard InChI is InChI=1S/C25H36N4O2/c1-19(2)16-20-4-6-21(7-5-20)18-29-14-11-25(12-15-29)10-8-22(31-25)17-26-24(30)23-9-13-27-28(23)3/h4-7,9,13,19,22H,8,10-12,14-18H2,1-3H3,(H,26,30)/t22-/m1/s1. The first kappa shape index (κ1) is 22.0. The molecule has 2 aliphatic heterocycles. The first-order chi connectivity index (χ1) is 14.9. The molecule has 1 aromatic carbocycles. The number of hydrogen-bond donors (Lipinski definition) is 1. The molecule has 0 unspecified atom stereocenters. The van der Waals surface area contributed by atoms with Crippen LogP contribution in [0.5, 0.6) is 0 Å². The summed E-state index contributed by atoms with van der Waals surface area (Å²) in [4.78, 5) is 14.9. The van der Waals surface area contributed by atoms with E-state index in [1.54, 1.807) is 24.0 Å². The predicted molar refractivity (Wildman–Crippen MR) is 122 cm³/mol. The maximum atomic E-state index is 12.3. The largest absolute Gasteiger partial charge is 0.370 e. The van der Waals surface area contributed by atoms with Gasteiger partial charge in [-0.2, -0.15) is 5.10 Å². The molecular weight excluding hydrogens is 388 g/mol. The Labute approximate surface area is 186 Å². The zero-order chi connectivity index (χ0) is 21.8. The number of aryl methyl sites for hydroxylation is 1. The number of piperidine rings is 1. The summed E-state index contributed by atoms with van der Waals surface area (Å²) in [7, 11) is 1.78. The minimum Gasteiger partial charge on any atom is -0.370 e. The number of carbonyl (C=O) groups is 1. The summed E-state index contributed by atoms with van der Waals surface area (Å²) in [6.07, 6.45) is 7.16. The Morgan fingerprint density at radius 1 is 1.16 bits per heavy atom. The number of ether oxygens (including phenoxy) is 1. The van der Waals surface area contributed by atoms with Crippen LogP contribution in [0.1, 0.15) is 61.1 Å². The van der Waals surface area contributed by atoms with Crippen LogP contribution >= 0.6 is 0 Å². The number of nitrogens with zero attached hydrogens (tertiary/aromatic N) is 3. The van der Waals surface area contributed by atoms with Crippen LogP contribution in [-0.4, -0.2) is 51.9 Å².